The Morgan fingerprint density at radius 2 is 2.28 bits per heavy atom. The third-order valence-corrected chi connectivity index (χ3v) is 3.86. The number of anilines is 1. The number of hydrogen-bond acceptors (Lipinski definition) is 3. The van der Waals surface area contributed by atoms with Crippen molar-refractivity contribution in [1.82, 2.24) is 4.98 Å². The molecule has 0 amide bonds. The Hall–Kier alpha value is -1.29. The van der Waals surface area contributed by atoms with E-state index in [4.69, 9.17) is 16.7 Å². The molecule has 1 aromatic heterocycles. The second-order valence-corrected chi connectivity index (χ2v) is 5.11. The maximum absolute atomic E-state index is 11.1. The standard InChI is InChI=1S/C13H17ClN2O2/c1-3-9-5-4-8(2)16(9)11-7-6-10(14)12(15-11)13(17)18/h6-9H,3-5H2,1-2H3,(H,17,18). The summed E-state index contributed by atoms with van der Waals surface area (Å²) in [5, 5.41) is 9.24. The van der Waals surface area contributed by atoms with E-state index >= 15 is 0 Å². The smallest absolute Gasteiger partial charge is 0.356 e. The molecule has 18 heavy (non-hydrogen) atoms. The SMILES string of the molecule is CCC1CCC(C)N1c1ccc(Cl)c(C(=O)O)n1. The van der Waals surface area contributed by atoms with Crippen molar-refractivity contribution in [1.29, 1.82) is 0 Å². The predicted octanol–water partition coefficient (Wildman–Crippen LogP) is 3.20. The van der Waals surface area contributed by atoms with Crippen molar-refractivity contribution in [3.63, 3.8) is 0 Å². The number of nitrogens with zero attached hydrogens (tertiary/aromatic N) is 2. The molecule has 4 nitrogen and oxygen atoms in total. The van der Waals surface area contributed by atoms with Crippen molar-refractivity contribution >= 4 is 23.4 Å². The highest BCUT2D eigenvalue weighted by molar-refractivity contribution is 6.33. The number of carbonyl (C=O) groups is 1. The maximum atomic E-state index is 11.1. The van der Waals surface area contributed by atoms with Gasteiger partial charge in [-0.2, -0.15) is 0 Å². The van der Waals surface area contributed by atoms with Crippen LogP contribution >= 0.6 is 11.6 Å². The van der Waals surface area contributed by atoms with Crippen LogP contribution in [-0.4, -0.2) is 28.1 Å². The van der Waals surface area contributed by atoms with Crippen molar-refractivity contribution in [2.45, 2.75) is 45.2 Å². The summed E-state index contributed by atoms with van der Waals surface area (Å²) in [7, 11) is 0. The van der Waals surface area contributed by atoms with E-state index in [1.54, 1.807) is 12.1 Å². The molecule has 1 aromatic rings. The minimum atomic E-state index is -1.08. The van der Waals surface area contributed by atoms with Crippen LogP contribution < -0.4 is 4.90 Å². The minimum absolute atomic E-state index is 0.0666. The van der Waals surface area contributed by atoms with Crippen molar-refractivity contribution in [3.8, 4) is 0 Å². The number of aromatic nitrogens is 1. The van der Waals surface area contributed by atoms with Crippen LogP contribution in [0, 0.1) is 0 Å². The lowest BCUT2D eigenvalue weighted by molar-refractivity contribution is 0.0690. The average molecular weight is 269 g/mol. The van der Waals surface area contributed by atoms with Crippen LogP contribution in [0.3, 0.4) is 0 Å². The molecule has 0 bridgehead atoms. The number of rotatable bonds is 3. The number of hydrogen-bond donors (Lipinski definition) is 1. The molecule has 2 heterocycles. The van der Waals surface area contributed by atoms with Crippen molar-refractivity contribution in [3.05, 3.63) is 22.8 Å². The molecule has 0 radical (unpaired) electrons. The molecule has 1 N–H and O–H groups in total. The average Bonchev–Trinajstić information content (AvgIpc) is 2.71. The molecule has 2 rings (SSSR count). The van der Waals surface area contributed by atoms with Gasteiger partial charge in [0.15, 0.2) is 5.69 Å². The Bertz CT molecular complexity index is 464. The van der Waals surface area contributed by atoms with Crippen LogP contribution in [0.5, 0.6) is 0 Å². The second kappa shape index (κ2) is 5.14. The number of aromatic carboxylic acids is 1. The maximum Gasteiger partial charge on any atom is 0.356 e. The molecule has 1 saturated heterocycles. The van der Waals surface area contributed by atoms with Crippen LogP contribution in [0.15, 0.2) is 12.1 Å². The molecule has 2 atom stereocenters. The lowest BCUT2D eigenvalue weighted by Crippen LogP contribution is -2.35. The van der Waals surface area contributed by atoms with Crippen LogP contribution in [0.1, 0.15) is 43.6 Å². The monoisotopic (exact) mass is 268 g/mol. The van der Waals surface area contributed by atoms with E-state index in [0.717, 1.165) is 19.3 Å². The molecule has 98 valence electrons. The summed E-state index contributed by atoms with van der Waals surface area (Å²) in [6.07, 6.45) is 3.28. The Balaban J connectivity index is 2.38. The fourth-order valence-corrected chi connectivity index (χ4v) is 2.80. The van der Waals surface area contributed by atoms with E-state index in [-0.39, 0.29) is 10.7 Å². The van der Waals surface area contributed by atoms with E-state index in [1.165, 1.54) is 0 Å². The molecule has 1 aliphatic rings. The zero-order valence-corrected chi connectivity index (χ0v) is 11.3. The normalized spacial score (nSPS) is 23.4. The highest BCUT2D eigenvalue weighted by Crippen LogP contribution is 2.31. The van der Waals surface area contributed by atoms with E-state index in [1.807, 2.05) is 0 Å². The summed E-state index contributed by atoms with van der Waals surface area (Å²) in [5.74, 6) is -0.365. The summed E-state index contributed by atoms with van der Waals surface area (Å²) in [4.78, 5) is 17.5. The quantitative estimate of drug-likeness (QED) is 0.915. The van der Waals surface area contributed by atoms with Gasteiger partial charge in [0.25, 0.3) is 0 Å². The molecule has 0 aliphatic carbocycles. The first-order valence-corrected chi connectivity index (χ1v) is 6.60. The summed E-state index contributed by atoms with van der Waals surface area (Å²) in [5.41, 5.74) is -0.0666. The van der Waals surface area contributed by atoms with Crippen LogP contribution in [0.25, 0.3) is 0 Å². The molecular formula is C13H17ClN2O2. The van der Waals surface area contributed by atoms with E-state index in [2.05, 4.69) is 23.7 Å². The van der Waals surface area contributed by atoms with E-state index in [9.17, 15) is 4.79 Å². The van der Waals surface area contributed by atoms with Crippen molar-refractivity contribution in [2.75, 3.05) is 4.90 Å². The molecule has 1 aliphatic heterocycles. The van der Waals surface area contributed by atoms with Gasteiger partial charge in [0, 0.05) is 12.1 Å². The van der Waals surface area contributed by atoms with Gasteiger partial charge in [-0.1, -0.05) is 18.5 Å². The minimum Gasteiger partial charge on any atom is -0.476 e. The first kappa shape index (κ1) is 13.1. The first-order chi connectivity index (χ1) is 8.54. The number of pyridine rings is 1. The Morgan fingerprint density at radius 1 is 1.56 bits per heavy atom. The van der Waals surface area contributed by atoms with Gasteiger partial charge >= 0.3 is 5.97 Å². The molecule has 1 fully saturated rings. The number of halogens is 1. The van der Waals surface area contributed by atoms with Gasteiger partial charge in [-0.15, -0.1) is 0 Å². The van der Waals surface area contributed by atoms with Crippen molar-refractivity contribution < 1.29 is 9.90 Å². The Kier molecular flexibility index (Phi) is 3.76. The van der Waals surface area contributed by atoms with Gasteiger partial charge in [0.2, 0.25) is 0 Å². The van der Waals surface area contributed by atoms with Crippen LogP contribution in [-0.2, 0) is 0 Å². The van der Waals surface area contributed by atoms with Crippen molar-refractivity contribution in [2.24, 2.45) is 0 Å². The summed E-state index contributed by atoms with van der Waals surface area (Å²) in [6, 6.07) is 4.25. The Morgan fingerprint density at radius 3 is 2.89 bits per heavy atom. The highest BCUT2D eigenvalue weighted by Gasteiger charge is 2.30. The topological polar surface area (TPSA) is 53.4 Å². The first-order valence-electron chi connectivity index (χ1n) is 6.22. The van der Waals surface area contributed by atoms with Gasteiger partial charge < -0.3 is 10.0 Å². The van der Waals surface area contributed by atoms with Gasteiger partial charge in [-0.3, -0.25) is 0 Å². The van der Waals surface area contributed by atoms with Gasteiger partial charge in [-0.25, -0.2) is 9.78 Å². The third-order valence-electron chi connectivity index (χ3n) is 3.56. The lowest BCUT2D eigenvalue weighted by atomic mass is 10.1. The molecule has 5 heteroatoms. The number of carboxylic acids is 1. The fraction of sp³-hybridized carbons (Fsp3) is 0.538. The molecule has 2 unspecified atom stereocenters. The van der Waals surface area contributed by atoms with Gasteiger partial charge in [0.05, 0.1) is 5.02 Å². The number of carboxylic acid groups (broad SMARTS) is 1. The van der Waals surface area contributed by atoms with Crippen LogP contribution in [0.2, 0.25) is 5.02 Å². The fourth-order valence-electron chi connectivity index (χ4n) is 2.61. The van der Waals surface area contributed by atoms with Crippen LogP contribution in [0.4, 0.5) is 5.82 Å². The van der Waals surface area contributed by atoms with Gasteiger partial charge in [0.1, 0.15) is 5.82 Å². The largest absolute Gasteiger partial charge is 0.476 e. The molecular weight excluding hydrogens is 252 g/mol. The summed E-state index contributed by atoms with van der Waals surface area (Å²) < 4.78 is 0. The summed E-state index contributed by atoms with van der Waals surface area (Å²) >= 11 is 5.84. The Labute approximate surface area is 112 Å². The second-order valence-electron chi connectivity index (χ2n) is 4.70. The van der Waals surface area contributed by atoms with E-state index < -0.39 is 5.97 Å². The predicted molar refractivity (Wildman–Crippen MR) is 71.5 cm³/mol. The highest BCUT2D eigenvalue weighted by atomic mass is 35.5. The molecule has 0 spiro atoms. The summed E-state index contributed by atoms with van der Waals surface area (Å²) in [6.45, 7) is 4.29. The zero-order chi connectivity index (χ0) is 13.3. The molecule has 0 aromatic carbocycles. The zero-order valence-electron chi connectivity index (χ0n) is 10.6. The molecule has 0 saturated carbocycles. The van der Waals surface area contributed by atoms with Gasteiger partial charge in [-0.05, 0) is 38.3 Å². The third kappa shape index (κ3) is 2.29. The lowest BCUT2D eigenvalue weighted by Gasteiger charge is -2.29. The van der Waals surface area contributed by atoms with E-state index in [0.29, 0.717) is 17.9 Å².